The maximum Gasteiger partial charge on any atom is 0.330 e. The number of rotatable bonds is 13. The first-order valence-electron chi connectivity index (χ1n) is 24.0. The summed E-state index contributed by atoms with van der Waals surface area (Å²) in [6.45, 7) is 16.4. The van der Waals surface area contributed by atoms with E-state index in [4.69, 9.17) is 47.4 Å². The van der Waals surface area contributed by atoms with Crippen molar-refractivity contribution in [3.05, 3.63) is 23.3 Å². The average Bonchev–Trinajstić information content (AvgIpc) is 3.48. The van der Waals surface area contributed by atoms with Gasteiger partial charge in [0.1, 0.15) is 41.2 Å². The van der Waals surface area contributed by atoms with Crippen LogP contribution in [-0.2, 0) is 57.0 Å². The van der Waals surface area contributed by atoms with Gasteiger partial charge in [-0.2, -0.15) is 0 Å². The van der Waals surface area contributed by atoms with E-state index in [0.717, 1.165) is 11.1 Å². The van der Waals surface area contributed by atoms with E-state index in [1.807, 2.05) is 40.7 Å². The minimum Gasteiger partial charge on any atom is -0.458 e. The van der Waals surface area contributed by atoms with Crippen molar-refractivity contribution in [1.29, 1.82) is 0 Å². The first-order chi connectivity index (χ1) is 30.5. The third-order valence-electron chi connectivity index (χ3n) is 17.4. The van der Waals surface area contributed by atoms with Gasteiger partial charge < -0.3 is 67.8 Å². The van der Waals surface area contributed by atoms with E-state index in [9.17, 15) is 30.0 Å². The fraction of sp³-hybridized carbons (Fsp3) is 0.878. The highest BCUT2D eigenvalue weighted by Gasteiger charge is 2.81. The monoisotopic (exact) mass is 923 g/mol. The van der Waals surface area contributed by atoms with Crippen LogP contribution in [0.1, 0.15) is 127 Å². The molecule has 0 spiro atoms. The van der Waals surface area contributed by atoms with Gasteiger partial charge in [0.05, 0.1) is 48.1 Å². The Hall–Kier alpha value is -1.90. The summed E-state index contributed by atoms with van der Waals surface area (Å²) in [6, 6.07) is 0. The van der Waals surface area contributed by atoms with Crippen LogP contribution in [0.5, 0.6) is 0 Å². The first kappa shape index (κ1) is 51.0. The molecular formula is C49H78O16. The van der Waals surface area contributed by atoms with Crippen LogP contribution in [-0.4, -0.2) is 156 Å². The SMILES string of the molecule is CO[C@H]1C[C@H](O[C@@H]2[C@H](C)O[C@@H](O[C@H]3[C@@H](OC)C[C@H](O[C@H]4CC[C@@]5(C)C(=CC[C@]6(O)[C@@H]5C[C@@H](OC(=O)/C=C(\C)C(C)C)[C@@]5(C)[C@@]6(O)CC[C@@]5(O)C(C)=O)C4)O[C@@H]3C)C[C@@H]2OC)O[C@H](C)[C@H]1O. The molecular weight excluding hydrogens is 845 g/mol. The van der Waals surface area contributed by atoms with Crippen molar-refractivity contribution in [2.24, 2.45) is 22.7 Å². The van der Waals surface area contributed by atoms with Gasteiger partial charge in [0.2, 0.25) is 0 Å². The Morgan fingerprint density at radius 2 is 1.31 bits per heavy atom. The maximum absolute atomic E-state index is 13.5. The molecule has 0 amide bonds. The zero-order valence-electron chi connectivity index (χ0n) is 40.7. The average molecular weight is 923 g/mol. The number of ether oxygens (including phenoxy) is 10. The summed E-state index contributed by atoms with van der Waals surface area (Å²) >= 11 is 0. The summed E-state index contributed by atoms with van der Waals surface area (Å²) in [5.74, 6) is -1.59. The smallest absolute Gasteiger partial charge is 0.330 e. The highest BCUT2D eigenvalue weighted by atomic mass is 16.7. The molecule has 65 heavy (non-hydrogen) atoms. The molecule has 3 saturated carbocycles. The van der Waals surface area contributed by atoms with Gasteiger partial charge in [0.25, 0.3) is 0 Å². The number of fused-ring (bicyclic) bond motifs is 5. The highest BCUT2D eigenvalue weighted by molar-refractivity contribution is 5.87. The third-order valence-corrected chi connectivity index (χ3v) is 17.4. The predicted molar refractivity (Wildman–Crippen MR) is 234 cm³/mol. The van der Waals surface area contributed by atoms with Crippen LogP contribution in [0.25, 0.3) is 0 Å². The predicted octanol–water partition coefficient (Wildman–Crippen LogP) is 4.59. The van der Waals surface area contributed by atoms with Crippen molar-refractivity contribution in [1.82, 2.24) is 0 Å². The Kier molecular flexibility index (Phi) is 15.0. The lowest BCUT2D eigenvalue weighted by molar-refractivity contribution is -0.338. The van der Waals surface area contributed by atoms with E-state index in [1.54, 1.807) is 35.2 Å². The van der Waals surface area contributed by atoms with E-state index in [0.29, 0.717) is 38.5 Å². The molecule has 4 aliphatic carbocycles. The second kappa shape index (κ2) is 19.1. The number of hydrogen-bond donors (Lipinski definition) is 4. The van der Waals surface area contributed by atoms with Gasteiger partial charge in [-0.3, -0.25) is 4.79 Å². The minimum absolute atomic E-state index is 0.0276. The Labute approximate surface area is 384 Å². The maximum atomic E-state index is 13.5. The molecule has 6 fully saturated rings. The molecule has 16 nitrogen and oxygen atoms in total. The van der Waals surface area contributed by atoms with Crippen molar-refractivity contribution < 1.29 is 77.4 Å². The van der Waals surface area contributed by atoms with E-state index < -0.39 is 113 Å². The number of methoxy groups -OCH3 is 3. The summed E-state index contributed by atoms with van der Waals surface area (Å²) in [6.07, 6.45) is -0.620. The highest BCUT2D eigenvalue weighted by Crippen LogP contribution is 2.71. The molecule has 0 aromatic carbocycles. The van der Waals surface area contributed by atoms with Crippen molar-refractivity contribution in [2.45, 2.75) is 229 Å². The van der Waals surface area contributed by atoms with Crippen LogP contribution in [0.2, 0.25) is 0 Å². The summed E-state index contributed by atoms with van der Waals surface area (Å²) in [7, 11) is 4.84. The molecule has 3 saturated heterocycles. The normalized spacial score (nSPS) is 49.1. The molecule has 0 aromatic heterocycles. The zero-order chi connectivity index (χ0) is 47.6. The van der Waals surface area contributed by atoms with Crippen LogP contribution in [0.3, 0.4) is 0 Å². The van der Waals surface area contributed by atoms with Gasteiger partial charge in [-0.05, 0) is 97.8 Å². The van der Waals surface area contributed by atoms with Gasteiger partial charge in [0.15, 0.2) is 24.7 Å². The fourth-order valence-electron chi connectivity index (χ4n) is 12.9. The van der Waals surface area contributed by atoms with Crippen molar-refractivity contribution in [3.63, 3.8) is 0 Å². The lowest BCUT2D eigenvalue weighted by Crippen LogP contribution is -2.78. The number of aliphatic hydroxyl groups is 4. The molecule has 3 heterocycles. The Bertz CT molecular complexity index is 1790. The molecule has 7 aliphatic rings. The Morgan fingerprint density at radius 3 is 1.85 bits per heavy atom. The Morgan fingerprint density at radius 1 is 0.769 bits per heavy atom. The molecule has 16 heteroatoms. The molecule has 0 unspecified atom stereocenters. The number of allylic oxidation sites excluding steroid dienone is 1. The van der Waals surface area contributed by atoms with Gasteiger partial charge in [-0.1, -0.05) is 38.0 Å². The van der Waals surface area contributed by atoms with Crippen LogP contribution in [0, 0.1) is 22.7 Å². The number of carbonyl (C=O) groups excluding carboxylic acids is 2. The summed E-state index contributed by atoms with van der Waals surface area (Å²) in [4.78, 5) is 26.8. The molecule has 370 valence electrons. The Balaban J connectivity index is 1.01. The van der Waals surface area contributed by atoms with Crippen molar-refractivity contribution in [2.75, 3.05) is 21.3 Å². The van der Waals surface area contributed by atoms with E-state index >= 15 is 0 Å². The van der Waals surface area contributed by atoms with Gasteiger partial charge in [0, 0.05) is 52.6 Å². The number of ketones is 1. The van der Waals surface area contributed by atoms with Crippen LogP contribution >= 0.6 is 0 Å². The van der Waals surface area contributed by atoms with E-state index in [2.05, 4.69) is 6.92 Å². The van der Waals surface area contributed by atoms with Gasteiger partial charge >= 0.3 is 5.97 Å². The number of Topliss-reactive ketones (excluding diaryl/α,β-unsaturated/α-hetero) is 1. The zero-order valence-corrected chi connectivity index (χ0v) is 40.7. The number of carbonyl (C=O) groups is 2. The number of esters is 1. The summed E-state index contributed by atoms with van der Waals surface area (Å²) in [5.41, 5.74) is -6.04. The largest absolute Gasteiger partial charge is 0.458 e. The molecule has 0 aromatic rings. The van der Waals surface area contributed by atoms with Crippen molar-refractivity contribution in [3.8, 4) is 0 Å². The second-order valence-electron chi connectivity index (χ2n) is 21.0. The van der Waals surface area contributed by atoms with Gasteiger partial charge in [-0.15, -0.1) is 0 Å². The quantitative estimate of drug-likeness (QED) is 0.113. The molecule has 3 aliphatic heterocycles. The topological polar surface area (TPSA) is 207 Å². The number of aliphatic hydroxyl groups excluding tert-OH is 1. The molecule has 0 bridgehead atoms. The summed E-state index contributed by atoms with van der Waals surface area (Å²) < 4.78 is 62.1. The third kappa shape index (κ3) is 8.75. The van der Waals surface area contributed by atoms with E-state index in [1.165, 1.54) is 13.0 Å². The molecule has 7 rings (SSSR count). The lowest BCUT2D eigenvalue weighted by Gasteiger charge is -2.67. The summed E-state index contributed by atoms with van der Waals surface area (Å²) in [5, 5.41) is 48.3. The molecule has 4 N–H and O–H groups in total. The standard InChI is InChI=1S/C49H78O16/c1-25(2)26(3)19-38(51)63-37-24-36-45(8)15-14-32(20-31(45)13-16-48(36,54)49(55)18-17-47(53,30(7)50)46(37,49)9)62-39-22-34(57-11)43(28(5)60-39)65-41-23-35(58-12)44(29(6)61-41)64-40-21-33(56-10)42(52)27(4)59-40/h13,19,25,27-29,32-37,39-44,52-55H,14-18,20-24H2,1-12H3/b26-19+/t27-,28-,29+,32+,33+,34+,35+,36-,37-,39+,40+,41+,42-,43-,44-,45+,46-,47-,48+,49+/m1/s1. The number of hydrogen-bond acceptors (Lipinski definition) is 16. The van der Waals surface area contributed by atoms with Crippen LogP contribution in [0.15, 0.2) is 23.3 Å². The van der Waals surface area contributed by atoms with Crippen molar-refractivity contribution >= 4 is 11.8 Å². The lowest BCUT2D eigenvalue weighted by atomic mass is 9.42. The molecule has 20 atom stereocenters. The van der Waals surface area contributed by atoms with E-state index in [-0.39, 0.29) is 49.9 Å². The second-order valence-corrected chi connectivity index (χ2v) is 21.0. The first-order valence-corrected chi connectivity index (χ1v) is 24.0. The molecule has 0 radical (unpaired) electrons. The fourth-order valence-corrected chi connectivity index (χ4v) is 12.9. The minimum atomic E-state index is -2.02. The van der Waals surface area contributed by atoms with Crippen LogP contribution < -0.4 is 0 Å². The van der Waals surface area contributed by atoms with Crippen LogP contribution in [0.4, 0.5) is 0 Å². The van der Waals surface area contributed by atoms with Gasteiger partial charge in [-0.25, -0.2) is 4.79 Å².